The summed E-state index contributed by atoms with van der Waals surface area (Å²) in [6.45, 7) is 10.3. The fourth-order valence-corrected chi connectivity index (χ4v) is 7.32. The maximum absolute atomic E-state index is 13.9. The molecule has 2 N–H and O–H groups in total. The van der Waals surface area contributed by atoms with Crippen molar-refractivity contribution in [1.29, 1.82) is 0 Å². The number of aliphatic hydroxyl groups is 1. The van der Waals surface area contributed by atoms with Crippen LogP contribution in [0.4, 0.5) is 9.59 Å². The zero-order valence-electron chi connectivity index (χ0n) is 30.9. The molecule has 2 saturated heterocycles. The van der Waals surface area contributed by atoms with E-state index in [1.807, 2.05) is 26.0 Å². The van der Waals surface area contributed by atoms with Gasteiger partial charge in [0.1, 0.15) is 29.0 Å². The molecule has 0 saturated carbocycles. The van der Waals surface area contributed by atoms with Crippen LogP contribution in [0, 0.1) is 11.8 Å². The lowest BCUT2D eigenvalue weighted by atomic mass is 10.0. The summed E-state index contributed by atoms with van der Waals surface area (Å²) in [5.41, 5.74) is 0.00933. The standard InChI is InChI=1S/C39H51N2O11P/c1-27(2)23-41(38(44)50-39(3,4)5)24-34(42)33(40-37(43)49-35-25-47-36-32(35)20-21-46-36)22-28-16-18-29(19-17-28)48-26-53(45,51-30-12-8-6-9-13-30)52-31-14-10-7-11-15-31/h6-19,27,32-36,42H,20-26H2,1-5H3,(H,40,43)/t32-,33-,34+,35-,36+/m0/s1. The lowest BCUT2D eigenvalue weighted by Crippen LogP contribution is -2.52. The minimum atomic E-state index is -3.83. The number of aliphatic hydroxyl groups excluding tert-OH is 1. The van der Waals surface area contributed by atoms with Gasteiger partial charge in [-0.2, -0.15) is 0 Å². The second-order valence-electron chi connectivity index (χ2n) is 14.6. The lowest BCUT2D eigenvalue weighted by Gasteiger charge is -2.32. The predicted octanol–water partition coefficient (Wildman–Crippen LogP) is 7.03. The number of amides is 2. The van der Waals surface area contributed by atoms with Crippen molar-refractivity contribution < 1.29 is 52.0 Å². The van der Waals surface area contributed by atoms with Crippen molar-refractivity contribution >= 4 is 19.8 Å². The minimum absolute atomic E-state index is 0.0585. The molecular weight excluding hydrogens is 703 g/mol. The Morgan fingerprint density at radius 1 is 0.906 bits per heavy atom. The number of rotatable bonds is 16. The van der Waals surface area contributed by atoms with Crippen LogP contribution in [0.15, 0.2) is 84.9 Å². The molecule has 288 valence electrons. The molecule has 2 heterocycles. The number of carbonyl (C=O) groups excluding carboxylic acids is 2. The van der Waals surface area contributed by atoms with Gasteiger partial charge >= 0.3 is 19.8 Å². The molecule has 13 nitrogen and oxygen atoms in total. The second kappa shape index (κ2) is 18.2. The molecule has 0 aliphatic carbocycles. The van der Waals surface area contributed by atoms with Crippen LogP contribution in [0.1, 0.15) is 46.6 Å². The van der Waals surface area contributed by atoms with E-state index in [0.29, 0.717) is 30.4 Å². The van der Waals surface area contributed by atoms with Crippen LogP contribution in [-0.4, -0.2) is 85.0 Å². The van der Waals surface area contributed by atoms with E-state index in [0.717, 1.165) is 12.0 Å². The SMILES string of the molecule is CC(C)CN(C[C@@H](O)[C@H](Cc1ccc(OCP(=O)(Oc2ccccc2)Oc2ccccc2)cc1)NC(=O)O[C@H]1CO[C@H]2OCC[C@H]21)C(=O)OC(C)(C)C. The average molecular weight is 755 g/mol. The fourth-order valence-electron chi connectivity index (χ4n) is 5.98. The number of benzene rings is 3. The van der Waals surface area contributed by atoms with Crippen LogP contribution in [0.2, 0.25) is 0 Å². The monoisotopic (exact) mass is 754 g/mol. The Morgan fingerprint density at radius 2 is 1.53 bits per heavy atom. The molecule has 14 heteroatoms. The van der Waals surface area contributed by atoms with E-state index in [4.69, 9.17) is 32.7 Å². The molecule has 5 rings (SSSR count). The van der Waals surface area contributed by atoms with Gasteiger partial charge in [0.05, 0.1) is 37.8 Å². The first-order valence-electron chi connectivity index (χ1n) is 17.9. The van der Waals surface area contributed by atoms with Gasteiger partial charge in [0.25, 0.3) is 0 Å². The molecule has 0 radical (unpaired) electrons. The van der Waals surface area contributed by atoms with Crippen molar-refractivity contribution in [1.82, 2.24) is 10.2 Å². The second-order valence-corrected chi connectivity index (χ2v) is 16.5. The Hall–Kier alpha value is -4.29. The molecule has 0 spiro atoms. The molecule has 0 aromatic heterocycles. The molecule has 3 aromatic carbocycles. The van der Waals surface area contributed by atoms with Gasteiger partial charge in [0.2, 0.25) is 6.35 Å². The summed E-state index contributed by atoms with van der Waals surface area (Å²) >= 11 is 0. The van der Waals surface area contributed by atoms with Gasteiger partial charge in [-0.15, -0.1) is 0 Å². The van der Waals surface area contributed by atoms with E-state index in [1.165, 1.54) is 4.90 Å². The van der Waals surface area contributed by atoms with Crippen LogP contribution in [-0.2, 0) is 29.9 Å². The maximum atomic E-state index is 13.9. The molecule has 0 bridgehead atoms. The Morgan fingerprint density at radius 3 is 2.11 bits per heavy atom. The van der Waals surface area contributed by atoms with Crippen LogP contribution in [0.3, 0.4) is 0 Å². The lowest BCUT2D eigenvalue weighted by molar-refractivity contribution is -0.0907. The zero-order valence-corrected chi connectivity index (χ0v) is 31.8. The number of ether oxygens (including phenoxy) is 5. The maximum Gasteiger partial charge on any atom is 0.468 e. The van der Waals surface area contributed by atoms with Gasteiger partial charge < -0.3 is 48.1 Å². The summed E-state index contributed by atoms with van der Waals surface area (Å²) in [5.74, 6) is 1.17. The number of alkyl carbamates (subject to hydrolysis) is 1. The summed E-state index contributed by atoms with van der Waals surface area (Å²) in [5, 5.41) is 14.4. The van der Waals surface area contributed by atoms with E-state index in [9.17, 15) is 19.3 Å². The highest BCUT2D eigenvalue weighted by molar-refractivity contribution is 7.54. The summed E-state index contributed by atoms with van der Waals surface area (Å²) in [7, 11) is -3.83. The van der Waals surface area contributed by atoms with E-state index in [-0.39, 0.29) is 37.8 Å². The van der Waals surface area contributed by atoms with E-state index < -0.39 is 49.9 Å². The summed E-state index contributed by atoms with van der Waals surface area (Å²) < 4.78 is 54.0. The van der Waals surface area contributed by atoms with E-state index in [2.05, 4.69) is 5.32 Å². The molecule has 5 atom stereocenters. The van der Waals surface area contributed by atoms with Crippen molar-refractivity contribution in [3.63, 3.8) is 0 Å². The molecular formula is C39H51N2O11P. The topological polar surface area (TPSA) is 151 Å². The number of para-hydroxylation sites is 2. The summed E-state index contributed by atoms with van der Waals surface area (Å²) in [6.07, 6.45) is -2.81. The molecule has 2 amide bonds. The van der Waals surface area contributed by atoms with Gasteiger partial charge in [-0.1, -0.05) is 62.4 Å². The number of nitrogens with zero attached hydrogens (tertiary/aromatic N) is 1. The van der Waals surface area contributed by atoms with Crippen molar-refractivity contribution in [2.45, 2.75) is 77.6 Å². The van der Waals surface area contributed by atoms with Crippen molar-refractivity contribution in [2.24, 2.45) is 11.8 Å². The third kappa shape index (κ3) is 12.4. The van der Waals surface area contributed by atoms with Crippen molar-refractivity contribution in [3.05, 3.63) is 90.5 Å². The molecule has 53 heavy (non-hydrogen) atoms. The van der Waals surface area contributed by atoms with Gasteiger partial charge in [0.15, 0.2) is 6.29 Å². The highest BCUT2D eigenvalue weighted by Gasteiger charge is 2.44. The number of carbonyl (C=O) groups is 2. The first-order chi connectivity index (χ1) is 25.2. The fraction of sp³-hybridized carbons (Fsp3) is 0.487. The number of hydrogen-bond donors (Lipinski definition) is 2. The minimum Gasteiger partial charge on any atom is -0.479 e. The van der Waals surface area contributed by atoms with Crippen molar-refractivity contribution in [3.8, 4) is 17.2 Å². The molecule has 2 aliphatic rings. The zero-order chi connectivity index (χ0) is 38.0. The largest absolute Gasteiger partial charge is 0.479 e. The van der Waals surface area contributed by atoms with Crippen LogP contribution < -0.4 is 19.1 Å². The van der Waals surface area contributed by atoms with Gasteiger partial charge in [0, 0.05) is 6.54 Å². The molecule has 2 fully saturated rings. The Bertz CT molecular complexity index is 1610. The first-order valence-corrected chi connectivity index (χ1v) is 19.6. The third-order valence-electron chi connectivity index (χ3n) is 8.40. The van der Waals surface area contributed by atoms with Gasteiger partial charge in [-0.05, 0) is 81.5 Å². The molecule has 3 aromatic rings. The Balaban J connectivity index is 1.28. The van der Waals surface area contributed by atoms with Gasteiger partial charge in [-0.25, -0.2) is 14.2 Å². The molecule has 2 aliphatic heterocycles. The third-order valence-corrected chi connectivity index (χ3v) is 9.82. The Kier molecular flexibility index (Phi) is 13.7. The number of fused-ring (bicyclic) bond motifs is 1. The highest BCUT2D eigenvalue weighted by Crippen LogP contribution is 2.48. The van der Waals surface area contributed by atoms with Gasteiger partial charge in [-0.3, -0.25) is 0 Å². The van der Waals surface area contributed by atoms with Crippen LogP contribution in [0.25, 0.3) is 0 Å². The Labute approximate surface area is 311 Å². The number of hydrogen-bond acceptors (Lipinski definition) is 11. The normalized spacial score (nSPS) is 19.5. The van der Waals surface area contributed by atoms with Crippen LogP contribution in [0.5, 0.6) is 17.2 Å². The smallest absolute Gasteiger partial charge is 0.468 e. The predicted molar refractivity (Wildman–Crippen MR) is 197 cm³/mol. The summed E-state index contributed by atoms with van der Waals surface area (Å²) in [4.78, 5) is 27.9. The average Bonchev–Trinajstić information content (AvgIpc) is 3.72. The number of nitrogens with one attached hydrogen (secondary N) is 1. The first kappa shape index (κ1) is 39.9. The van der Waals surface area contributed by atoms with E-state index >= 15 is 0 Å². The van der Waals surface area contributed by atoms with E-state index in [1.54, 1.807) is 93.6 Å². The summed E-state index contributed by atoms with van der Waals surface area (Å²) in [6, 6.07) is 23.5. The van der Waals surface area contributed by atoms with Crippen LogP contribution >= 0.6 is 7.60 Å². The van der Waals surface area contributed by atoms with Crippen molar-refractivity contribution in [2.75, 3.05) is 32.7 Å². The highest BCUT2D eigenvalue weighted by atomic mass is 31.2. The molecule has 0 unspecified atom stereocenters. The quantitative estimate of drug-likeness (QED) is 0.145.